The van der Waals surface area contributed by atoms with Crippen molar-refractivity contribution in [1.29, 1.82) is 0 Å². The number of sulfone groups is 1. The molecule has 5 atom stereocenters. The van der Waals surface area contributed by atoms with E-state index in [4.69, 9.17) is 23.2 Å². The van der Waals surface area contributed by atoms with E-state index in [-0.39, 0.29) is 6.42 Å². The molecule has 42 heavy (non-hydrogen) atoms. The summed E-state index contributed by atoms with van der Waals surface area (Å²) in [6, 6.07) is 12.9. The van der Waals surface area contributed by atoms with Crippen LogP contribution in [0.25, 0.3) is 0 Å². The Bertz CT molecular complexity index is 1550. The second-order valence-electron chi connectivity index (χ2n) is 11.6. The van der Waals surface area contributed by atoms with Gasteiger partial charge in [-0.2, -0.15) is 0 Å². The lowest BCUT2D eigenvalue weighted by Crippen LogP contribution is -2.62. The fourth-order valence-corrected chi connectivity index (χ4v) is 9.35. The van der Waals surface area contributed by atoms with Crippen molar-refractivity contribution < 1.29 is 26.4 Å². The Balaban J connectivity index is 1.94. The van der Waals surface area contributed by atoms with Gasteiger partial charge in [-0.25, -0.2) is 16.8 Å². The van der Waals surface area contributed by atoms with E-state index in [1.165, 1.54) is 0 Å². The van der Waals surface area contributed by atoms with Crippen molar-refractivity contribution in [1.82, 2.24) is 14.9 Å². The van der Waals surface area contributed by atoms with Gasteiger partial charge in [0.2, 0.25) is 21.8 Å². The van der Waals surface area contributed by atoms with E-state index < -0.39 is 72.1 Å². The van der Waals surface area contributed by atoms with Gasteiger partial charge in [-0.3, -0.25) is 14.3 Å². The maximum atomic E-state index is 14.7. The first-order valence-electron chi connectivity index (χ1n) is 13.9. The van der Waals surface area contributed by atoms with Crippen LogP contribution in [0.1, 0.15) is 69.0 Å². The Morgan fingerprint density at radius 1 is 1.05 bits per heavy atom. The average Bonchev–Trinajstić information content (AvgIpc) is 3.75. The van der Waals surface area contributed by atoms with Gasteiger partial charge in [-0.1, -0.05) is 61.3 Å². The van der Waals surface area contributed by atoms with Crippen molar-refractivity contribution in [3.05, 3.63) is 69.7 Å². The van der Waals surface area contributed by atoms with Crippen LogP contribution in [-0.2, 0) is 29.4 Å². The van der Waals surface area contributed by atoms with Gasteiger partial charge in [0.05, 0.1) is 29.0 Å². The molecule has 1 aliphatic carbocycles. The zero-order chi connectivity index (χ0) is 31.0. The van der Waals surface area contributed by atoms with Crippen molar-refractivity contribution in [3.8, 4) is 0 Å². The normalized spacial score (nSPS) is 24.7. The first-order chi connectivity index (χ1) is 19.6. The van der Waals surface area contributed by atoms with Crippen LogP contribution in [0.3, 0.4) is 0 Å². The number of carbonyl (C=O) groups is 2. The molecule has 1 saturated heterocycles. The number of rotatable bonds is 11. The van der Waals surface area contributed by atoms with Crippen LogP contribution >= 0.6 is 23.2 Å². The number of benzene rings is 2. The molecule has 2 N–H and O–H groups in total. The summed E-state index contributed by atoms with van der Waals surface area (Å²) in [5.74, 6) is -1.66. The van der Waals surface area contributed by atoms with Gasteiger partial charge in [-0.05, 0) is 68.1 Å². The van der Waals surface area contributed by atoms with Crippen LogP contribution in [0.4, 0.5) is 0 Å². The molecule has 2 aromatic carbocycles. The predicted octanol–water partition coefficient (Wildman–Crippen LogP) is 4.42. The Kier molecular flexibility index (Phi) is 9.69. The van der Waals surface area contributed by atoms with E-state index in [1.807, 2.05) is 29.8 Å². The molecule has 9 nitrogen and oxygen atoms in total. The molecule has 0 spiro atoms. The lowest BCUT2D eigenvalue weighted by atomic mass is 9.67. The maximum absolute atomic E-state index is 14.7. The third-order valence-corrected chi connectivity index (χ3v) is 11.9. The van der Waals surface area contributed by atoms with Gasteiger partial charge >= 0.3 is 0 Å². The number of nitrogens with zero attached hydrogens (tertiary/aromatic N) is 1. The molecule has 1 heterocycles. The van der Waals surface area contributed by atoms with Gasteiger partial charge in [-0.15, -0.1) is 0 Å². The molecule has 2 fully saturated rings. The third kappa shape index (κ3) is 6.96. The van der Waals surface area contributed by atoms with Crippen LogP contribution in [0.5, 0.6) is 0 Å². The molecular weight excluding hydrogens is 621 g/mol. The summed E-state index contributed by atoms with van der Waals surface area (Å²) in [6.07, 6.45) is 2.10. The SMILES string of the molecule is CC[C@@H](C(NC)S(=O)(=O)C1CC1)N1C(=O)[C@@](C)(CC(=O)NS(C)(=O)=O)C[C@H](c2cccc(Cl)c2)[C@H]1c1ccc(Cl)cc1. The zero-order valence-corrected chi connectivity index (χ0v) is 27.2. The van der Waals surface area contributed by atoms with Crippen molar-refractivity contribution in [2.45, 2.75) is 74.6 Å². The van der Waals surface area contributed by atoms with Crippen molar-refractivity contribution >= 4 is 54.9 Å². The summed E-state index contributed by atoms with van der Waals surface area (Å²) >= 11 is 12.6. The van der Waals surface area contributed by atoms with E-state index in [0.717, 1.165) is 17.4 Å². The Hall–Kier alpha value is -2.18. The highest BCUT2D eigenvalue weighted by molar-refractivity contribution is 7.93. The number of likely N-dealkylation sites (tertiary alicyclic amines) is 1. The van der Waals surface area contributed by atoms with Crippen LogP contribution in [0, 0.1) is 5.41 Å². The molecule has 0 radical (unpaired) electrons. The lowest BCUT2D eigenvalue weighted by molar-refractivity contribution is -0.157. The van der Waals surface area contributed by atoms with Gasteiger partial charge in [0.25, 0.3) is 0 Å². The molecular formula is C29H37Cl2N3O6S2. The largest absolute Gasteiger partial charge is 0.329 e. The highest BCUT2D eigenvalue weighted by Crippen LogP contribution is 2.53. The molecule has 4 rings (SSSR count). The summed E-state index contributed by atoms with van der Waals surface area (Å²) < 4.78 is 53.1. The summed E-state index contributed by atoms with van der Waals surface area (Å²) in [5.41, 5.74) is 0.188. The number of carbonyl (C=O) groups excluding carboxylic acids is 2. The van der Waals surface area contributed by atoms with Crippen LogP contribution < -0.4 is 10.0 Å². The quantitative estimate of drug-likeness (QED) is 0.366. The van der Waals surface area contributed by atoms with E-state index in [0.29, 0.717) is 29.3 Å². The monoisotopic (exact) mass is 657 g/mol. The molecule has 2 amide bonds. The molecule has 1 unspecified atom stereocenters. The van der Waals surface area contributed by atoms with Crippen LogP contribution in [0.15, 0.2) is 48.5 Å². The zero-order valence-electron chi connectivity index (χ0n) is 24.0. The number of hydrogen-bond donors (Lipinski definition) is 2. The number of amides is 2. The van der Waals surface area contributed by atoms with Crippen molar-refractivity contribution in [3.63, 3.8) is 0 Å². The number of nitrogens with one attached hydrogen (secondary N) is 2. The Morgan fingerprint density at radius 2 is 1.69 bits per heavy atom. The van der Waals surface area contributed by atoms with Crippen molar-refractivity contribution in [2.24, 2.45) is 5.41 Å². The van der Waals surface area contributed by atoms with Gasteiger partial charge in [0.1, 0.15) is 5.37 Å². The standard InChI is InChI=1S/C29H37Cl2N3O6S2/c1-5-24(27(32-3)42(39,40)22-13-14-22)34-26(18-9-11-20(30)12-10-18)23(19-7-6-8-21(31)15-19)16-29(2,28(34)36)17-25(35)33-41(4,37)38/h6-12,15,22-24,26-27,32H,5,13-14,16-17H2,1-4H3,(H,33,35)/t23-,24+,26-,27?,29-/m1/s1. The summed E-state index contributed by atoms with van der Waals surface area (Å²) in [6.45, 7) is 3.47. The summed E-state index contributed by atoms with van der Waals surface area (Å²) in [5, 5.41) is 2.45. The molecule has 2 aromatic rings. The van der Waals surface area contributed by atoms with Gasteiger partial charge in [0, 0.05) is 22.4 Å². The smallest absolute Gasteiger partial charge is 0.234 e. The minimum atomic E-state index is -3.87. The van der Waals surface area contributed by atoms with Crippen LogP contribution in [-0.4, -0.2) is 63.5 Å². The lowest BCUT2D eigenvalue weighted by Gasteiger charge is -2.53. The fraction of sp³-hybridized carbons (Fsp3) is 0.517. The number of hydrogen-bond acceptors (Lipinski definition) is 7. The Labute approximate surface area is 258 Å². The maximum Gasteiger partial charge on any atom is 0.234 e. The second-order valence-corrected chi connectivity index (χ2v) is 16.6. The van der Waals surface area contributed by atoms with Crippen molar-refractivity contribution in [2.75, 3.05) is 13.3 Å². The van der Waals surface area contributed by atoms with E-state index in [1.54, 1.807) is 49.2 Å². The van der Waals surface area contributed by atoms with Crippen LogP contribution in [0.2, 0.25) is 10.0 Å². The second kappa shape index (κ2) is 12.4. The van der Waals surface area contributed by atoms with Gasteiger partial charge in [0.15, 0.2) is 9.84 Å². The van der Waals surface area contributed by atoms with E-state index >= 15 is 0 Å². The molecule has 0 aromatic heterocycles. The molecule has 2 aliphatic rings. The van der Waals surface area contributed by atoms with E-state index in [9.17, 15) is 26.4 Å². The number of likely N-dealkylation sites (N-methyl/N-ethyl adjacent to an activating group) is 1. The summed E-state index contributed by atoms with van der Waals surface area (Å²) in [4.78, 5) is 29.3. The minimum absolute atomic E-state index is 0.184. The molecule has 1 saturated carbocycles. The third-order valence-electron chi connectivity index (χ3n) is 8.19. The first-order valence-corrected chi connectivity index (χ1v) is 18.1. The minimum Gasteiger partial charge on any atom is -0.329 e. The first kappa shape index (κ1) is 32.7. The molecule has 230 valence electrons. The molecule has 1 aliphatic heterocycles. The average molecular weight is 659 g/mol. The van der Waals surface area contributed by atoms with Gasteiger partial charge < -0.3 is 10.2 Å². The molecule has 13 heteroatoms. The number of piperidine rings is 1. The summed E-state index contributed by atoms with van der Waals surface area (Å²) in [7, 11) is -5.94. The topological polar surface area (TPSA) is 130 Å². The fourth-order valence-electron chi connectivity index (χ4n) is 6.24. The molecule has 0 bridgehead atoms. The predicted molar refractivity (Wildman–Crippen MR) is 164 cm³/mol. The Morgan fingerprint density at radius 3 is 2.21 bits per heavy atom. The highest BCUT2D eigenvalue weighted by Gasteiger charge is 2.55. The van der Waals surface area contributed by atoms with E-state index in [2.05, 4.69) is 5.32 Å². The highest BCUT2D eigenvalue weighted by atomic mass is 35.5. The number of halogens is 2. The number of sulfonamides is 1.